The van der Waals surface area contributed by atoms with Gasteiger partial charge in [0.25, 0.3) is 0 Å². The van der Waals surface area contributed by atoms with Crippen LogP contribution in [-0.2, 0) is 0 Å². The third-order valence-electron chi connectivity index (χ3n) is 2.96. The molecule has 1 aromatic rings. The van der Waals surface area contributed by atoms with E-state index in [0.717, 1.165) is 18.1 Å². The Kier molecular flexibility index (Phi) is 5.33. The first-order chi connectivity index (χ1) is 7.69. The van der Waals surface area contributed by atoms with E-state index in [4.69, 9.17) is 10.5 Å². The van der Waals surface area contributed by atoms with Gasteiger partial charge in [0, 0.05) is 0 Å². The lowest BCUT2D eigenvalue weighted by Crippen LogP contribution is -2.14. The van der Waals surface area contributed by atoms with Crippen LogP contribution in [0, 0.1) is 5.92 Å². The zero-order chi connectivity index (χ0) is 12.0. The van der Waals surface area contributed by atoms with Crippen molar-refractivity contribution < 1.29 is 4.74 Å². The van der Waals surface area contributed by atoms with E-state index >= 15 is 0 Å². The van der Waals surface area contributed by atoms with Crippen molar-refractivity contribution in [3.05, 3.63) is 29.8 Å². The number of rotatable bonds is 6. The van der Waals surface area contributed by atoms with Gasteiger partial charge in [-0.05, 0) is 36.4 Å². The Morgan fingerprint density at radius 3 is 2.44 bits per heavy atom. The second-order valence-corrected chi connectivity index (χ2v) is 4.65. The molecular formula is C14H23NO. The molecule has 0 radical (unpaired) electrons. The van der Waals surface area contributed by atoms with E-state index in [2.05, 4.69) is 26.0 Å². The molecule has 0 fully saturated rings. The van der Waals surface area contributed by atoms with Crippen molar-refractivity contribution in [1.29, 1.82) is 0 Å². The lowest BCUT2D eigenvalue weighted by Gasteiger charge is -2.19. The van der Waals surface area contributed by atoms with Crippen LogP contribution in [0.15, 0.2) is 24.3 Å². The topological polar surface area (TPSA) is 35.2 Å². The summed E-state index contributed by atoms with van der Waals surface area (Å²) in [6.45, 7) is 5.18. The van der Waals surface area contributed by atoms with Crippen molar-refractivity contribution in [2.75, 3.05) is 13.7 Å². The summed E-state index contributed by atoms with van der Waals surface area (Å²) in [7, 11) is 1.72. The highest BCUT2D eigenvalue weighted by Gasteiger charge is 2.14. The van der Waals surface area contributed by atoms with Gasteiger partial charge in [0.2, 0.25) is 0 Å². The molecule has 1 atom stereocenters. The summed E-state index contributed by atoms with van der Waals surface area (Å²) in [4.78, 5) is 0. The summed E-state index contributed by atoms with van der Waals surface area (Å²) in [5.41, 5.74) is 7.10. The van der Waals surface area contributed by atoms with Crippen LogP contribution in [-0.4, -0.2) is 13.7 Å². The number of hydrogen-bond donors (Lipinski definition) is 1. The van der Waals surface area contributed by atoms with Crippen molar-refractivity contribution in [3.63, 3.8) is 0 Å². The average molecular weight is 221 g/mol. The summed E-state index contributed by atoms with van der Waals surface area (Å²) in [5.74, 6) is 2.10. The Hall–Kier alpha value is -1.02. The molecule has 0 aliphatic heterocycles. The molecule has 2 heteroatoms. The molecule has 90 valence electrons. The number of methoxy groups -OCH3 is 1. The van der Waals surface area contributed by atoms with Crippen molar-refractivity contribution in [2.45, 2.75) is 32.6 Å². The molecule has 16 heavy (non-hydrogen) atoms. The van der Waals surface area contributed by atoms with Gasteiger partial charge in [-0.2, -0.15) is 0 Å². The van der Waals surface area contributed by atoms with Crippen molar-refractivity contribution in [1.82, 2.24) is 0 Å². The molecule has 0 spiro atoms. The van der Waals surface area contributed by atoms with Gasteiger partial charge in [-0.15, -0.1) is 0 Å². The highest BCUT2D eigenvalue weighted by Crippen LogP contribution is 2.29. The maximum Gasteiger partial charge on any atom is 0.122 e. The van der Waals surface area contributed by atoms with Gasteiger partial charge >= 0.3 is 0 Å². The predicted octanol–water partition coefficient (Wildman–Crippen LogP) is 3.17. The largest absolute Gasteiger partial charge is 0.496 e. The summed E-state index contributed by atoms with van der Waals surface area (Å²) >= 11 is 0. The Balaban J connectivity index is 2.77. The number of hydrogen-bond acceptors (Lipinski definition) is 2. The monoisotopic (exact) mass is 221 g/mol. The Morgan fingerprint density at radius 2 is 1.88 bits per heavy atom. The molecular weight excluding hydrogens is 198 g/mol. The fourth-order valence-corrected chi connectivity index (χ4v) is 1.94. The zero-order valence-electron chi connectivity index (χ0n) is 10.6. The Bertz CT molecular complexity index is 309. The Morgan fingerprint density at radius 1 is 1.19 bits per heavy atom. The maximum absolute atomic E-state index is 5.86. The summed E-state index contributed by atoms with van der Waals surface area (Å²) in [5, 5.41) is 0. The highest BCUT2D eigenvalue weighted by atomic mass is 16.5. The molecule has 0 saturated carbocycles. The standard InChI is InChI=1S/C14H23NO/c1-11(2)8-9-12(10-15)13-6-4-5-7-14(13)16-3/h4-7,11-12H,8-10,15H2,1-3H3. The molecule has 2 nitrogen and oxygen atoms in total. The SMILES string of the molecule is COc1ccccc1C(CN)CCC(C)C. The molecule has 2 N–H and O–H groups in total. The molecule has 1 aromatic carbocycles. The molecule has 0 amide bonds. The highest BCUT2D eigenvalue weighted by molar-refractivity contribution is 5.36. The van der Waals surface area contributed by atoms with Crippen LogP contribution >= 0.6 is 0 Å². The summed E-state index contributed by atoms with van der Waals surface area (Å²) in [6, 6.07) is 8.18. The van der Waals surface area contributed by atoms with E-state index < -0.39 is 0 Å². The van der Waals surface area contributed by atoms with Gasteiger partial charge in [-0.25, -0.2) is 0 Å². The van der Waals surface area contributed by atoms with Crippen LogP contribution in [0.25, 0.3) is 0 Å². The lowest BCUT2D eigenvalue weighted by molar-refractivity contribution is 0.400. The van der Waals surface area contributed by atoms with E-state index in [0.29, 0.717) is 12.5 Å². The zero-order valence-corrected chi connectivity index (χ0v) is 10.6. The molecule has 0 aliphatic rings. The van der Waals surface area contributed by atoms with Gasteiger partial charge in [0.1, 0.15) is 5.75 Å². The Labute approximate surface area is 98.8 Å². The minimum Gasteiger partial charge on any atom is -0.496 e. The second kappa shape index (κ2) is 6.54. The fourth-order valence-electron chi connectivity index (χ4n) is 1.94. The molecule has 0 aromatic heterocycles. The van der Waals surface area contributed by atoms with E-state index in [1.165, 1.54) is 12.0 Å². The molecule has 0 saturated heterocycles. The van der Waals surface area contributed by atoms with Crippen LogP contribution in [0.2, 0.25) is 0 Å². The number of benzene rings is 1. The second-order valence-electron chi connectivity index (χ2n) is 4.65. The van der Waals surface area contributed by atoms with Crippen molar-refractivity contribution >= 4 is 0 Å². The molecule has 0 aliphatic carbocycles. The first-order valence-corrected chi connectivity index (χ1v) is 6.02. The van der Waals surface area contributed by atoms with Gasteiger partial charge < -0.3 is 10.5 Å². The normalized spacial score (nSPS) is 12.8. The third-order valence-corrected chi connectivity index (χ3v) is 2.96. The predicted molar refractivity (Wildman–Crippen MR) is 68.9 cm³/mol. The number of ether oxygens (including phenoxy) is 1. The van der Waals surface area contributed by atoms with Crippen LogP contribution in [0.5, 0.6) is 5.75 Å². The van der Waals surface area contributed by atoms with E-state index in [1.807, 2.05) is 12.1 Å². The molecule has 1 rings (SSSR count). The maximum atomic E-state index is 5.86. The number of para-hydroxylation sites is 1. The van der Waals surface area contributed by atoms with Crippen LogP contribution in [0.1, 0.15) is 38.2 Å². The minimum atomic E-state index is 0.415. The average Bonchev–Trinajstić information content (AvgIpc) is 2.30. The molecule has 0 heterocycles. The van der Waals surface area contributed by atoms with Gasteiger partial charge in [-0.1, -0.05) is 38.5 Å². The van der Waals surface area contributed by atoms with Crippen molar-refractivity contribution in [2.24, 2.45) is 11.7 Å². The first kappa shape index (κ1) is 13.0. The van der Waals surface area contributed by atoms with Gasteiger partial charge in [0.05, 0.1) is 7.11 Å². The fraction of sp³-hybridized carbons (Fsp3) is 0.571. The lowest BCUT2D eigenvalue weighted by atomic mass is 9.91. The number of nitrogens with two attached hydrogens (primary N) is 1. The first-order valence-electron chi connectivity index (χ1n) is 6.02. The van der Waals surface area contributed by atoms with E-state index in [-0.39, 0.29) is 0 Å². The minimum absolute atomic E-state index is 0.415. The smallest absolute Gasteiger partial charge is 0.122 e. The van der Waals surface area contributed by atoms with Crippen LogP contribution < -0.4 is 10.5 Å². The van der Waals surface area contributed by atoms with E-state index in [1.54, 1.807) is 7.11 Å². The molecule has 0 bridgehead atoms. The molecule has 1 unspecified atom stereocenters. The van der Waals surface area contributed by atoms with Crippen molar-refractivity contribution in [3.8, 4) is 5.75 Å². The van der Waals surface area contributed by atoms with Crippen LogP contribution in [0.4, 0.5) is 0 Å². The van der Waals surface area contributed by atoms with Gasteiger partial charge in [-0.3, -0.25) is 0 Å². The van der Waals surface area contributed by atoms with Gasteiger partial charge in [0.15, 0.2) is 0 Å². The van der Waals surface area contributed by atoms with E-state index in [9.17, 15) is 0 Å². The van der Waals surface area contributed by atoms with Crippen LogP contribution in [0.3, 0.4) is 0 Å². The third kappa shape index (κ3) is 3.53. The summed E-state index contributed by atoms with van der Waals surface area (Å²) in [6.07, 6.45) is 2.34. The summed E-state index contributed by atoms with van der Waals surface area (Å²) < 4.78 is 5.38. The quantitative estimate of drug-likeness (QED) is 0.800.